The highest BCUT2D eigenvalue weighted by atomic mass is 16.2. The van der Waals surface area contributed by atoms with E-state index in [1.807, 2.05) is 80.8 Å². The number of hydrogen-bond acceptors (Lipinski definition) is 2. The summed E-state index contributed by atoms with van der Waals surface area (Å²) in [6.07, 6.45) is 0.775. The summed E-state index contributed by atoms with van der Waals surface area (Å²) in [7, 11) is 4.01. The number of carbonyl (C=O) groups excluding carboxylic acids is 1. The topological polar surface area (TPSA) is 44.4 Å². The van der Waals surface area contributed by atoms with Gasteiger partial charge in [-0.2, -0.15) is 0 Å². The Morgan fingerprint density at radius 2 is 1.46 bits per heavy atom. The quantitative estimate of drug-likeness (QED) is 0.630. The largest absolute Gasteiger partial charge is 0.330 e. The molecule has 0 aromatic heterocycles. The minimum absolute atomic E-state index is 0.0857. The number of anilines is 1. The van der Waals surface area contributed by atoms with Gasteiger partial charge in [0.1, 0.15) is 0 Å². The van der Waals surface area contributed by atoms with Crippen LogP contribution in [0, 0.1) is 0 Å². The Hall–Kier alpha value is -3.11. The Morgan fingerprint density at radius 3 is 2.14 bits per heavy atom. The first kappa shape index (κ1) is 19.6. The molecule has 1 unspecified atom stereocenters. The van der Waals surface area contributed by atoms with Crippen LogP contribution in [0.1, 0.15) is 22.7 Å². The Kier molecular flexibility index (Phi) is 6.82. The van der Waals surface area contributed by atoms with Crippen molar-refractivity contribution < 1.29 is 4.79 Å². The standard InChI is InChI=1S/C24H27N3O/c1-27(2)18-23(20-13-7-4-8-14-20)26-24(28)25-22-16-10-9-15-21(22)17-19-11-5-3-6-12-19/h3-16,23H,17-18H2,1-2H3,(H2,25,26,28). The molecule has 0 heterocycles. The second-order valence-corrected chi connectivity index (χ2v) is 7.14. The van der Waals surface area contributed by atoms with Crippen LogP contribution < -0.4 is 10.6 Å². The van der Waals surface area contributed by atoms with E-state index in [9.17, 15) is 4.79 Å². The molecule has 1 atom stereocenters. The third kappa shape index (κ3) is 5.69. The van der Waals surface area contributed by atoms with Gasteiger partial charge in [0, 0.05) is 12.2 Å². The lowest BCUT2D eigenvalue weighted by atomic mass is 10.0. The van der Waals surface area contributed by atoms with Crippen LogP contribution in [0.4, 0.5) is 10.5 Å². The zero-order valence-corrected chi connectivity index (χ0v) is 16.4. The SMILES string of the molecule is CN(C)CC(NC(=O)Nc1ccccc1Cc1ccccc1)c1ccccc1. The average Bonchev–Trinajstić information content (AvgIpc) is 2.70. The van der Waals surface area contributed by atoms with Gasteiger partial charge in [0.2, 0.25) is 0 Å². The van der Waals surface area contributed by atoms with E-state index in [2.05, 4.69) is 33.7 Å². The molecular formula is C24H27N3O. The molecule has 4 heteroatoms. The number of urea groups is 1. The number of amides is 2. The van der Waals surface area contributed by atoms with Crippen LogP contribution in [-0.4, -0.2) is 31.6 Å². The fourth-order valence-corrected chi connectivity index (χ4v) is 3.21. The second kappa shape index (κ2) is 9.72. The third-order valence-electron chi connectivity index (χ3n) is 4.56. The van der Waals surface area contributed by atoms with Crippen molar-refractivity contribution in [1.82, 2.24) is 10.2 Å². The van der Waals surface area contributed by atoms with Gasteiger partial charge in [-0.3, -0.25) is 0 Å². The molecule has 144 valence electrons. The van der Waals surface area contributed by atoms with Crippen molar-refractivity contribution in [3.63, 3.8) is 0 Å². The van der Waals surface area contributed by atoms with Crippen molar-refractivity contribution >= 4 is 11.7 Å². The van der Waals surface area contributed by atoms with Gasteiger partial charge in [0.25, 0.3) is 0 Å². The van der Waals surface area contributed by atoms with E-state index in [0.29, 0.717) is 0 Å². The third-order valence-corrected chi connectivity index (χ3v) is 4.56. The molecular weight excluding hydrogens is 346 g/mol. The molecule has 2 amide bonds. The molecule has 28 heavy (non-hydrogen) atoms. The number of hydrogen-bond donors (Lipinski definition) is 2. The van der Waals surface area contributed by atoms with Crippen LogP contribution >= 0.6 is 0 Å². The summed E-state index contributed by atoms with van der Waals surface area (Å²) in [5.41, 5.74) is 4.23. The van der Waals surface area contributed by atoms with E-state index >= 15 is 0 Å². The Labute approximate surface area is 167 Å². The summed E-state index contributed by atoms with van der Waals surface area (Å²) in [6.45, 7) is 0.725. The summed E-state index contributed by atoms with van der Waals surface area (Å²) in [5.74, 6) is 0. The van der Waals surface area contributed by atoms with Gasteiger partial charge in [0.05, 0.1) is 6.04 Å². The lowest BCUT2D eigenvalue weighted by Crippen LogP contribution is -2.37. The van der Waals surface area contributed by atoms with Gasteiger partial charge in [-0.1, -0.05) is 78.9 Å². The number of benzene rings is 3. The summed E-state index contributed by atoms with van der Waals surface area (Å²) in [4.78, 5) is 14.8. The first-order valence-corrected chi connectivity index (χ1v) is 9.51. The highest BCUT2D eigenvalue weighted by Crippen LogP contribution is 2.20. The van der Waals surface area contributed by atoms with Crippen molar-refractivity contribution in [3.8, 4) is 0 Å². The van der Waals surface area contributed by atoms with Crippen molar-refractivity contribution in [2.45, 2.75) is 12.5 Å². The Balaban J connectivity index is 1.71. The highest BCUT2D eigenvalue weighted by Gasteiger charge is 2.16. The number of nitrogens with zero attached hydrogens (tertiary/aromatic N) is 1. The van der Waals surface area contributed by atoms with E-state index < -0.39 is 0 Å². The van der Waals surface area contributed by atoms with Crippen LogP contribution in [0.5, 0.6) is 0 Å². The molecule has 0 fully saturated rings. The first-order valence-electron chi connectivity index (χ1n) is 9.51. The minimum atomic E-state index is -0.198. The Morgan fingerprint density at radius 1 is 0.857 bits per heavy atom. The van der Waals surface area contributed by atoms with E-state index in [4.69, 9.17) is 0 Å². The summed E-state index contributed by atoms with van der Waals surface area (Å²) in [5, 5.41) is 6.15. The van der Waals surface area contributed by atoms with Gasteiger partial charge < -0.3 is 15.5 Å². The normalized spacial score (nSPS) is 11.8. The zero-order chi connectivity index (χ0) is 19.8. The van der Waals surface area contributed by atoms with Crippen molar-refractivity contribution in [3.05, 3.63) is 102 Å². The molecule has 3 aromatic rings. The maximum atomic E-state index is 12.7. The molecule has 0 saturated heterocycles. The van der Waals surface area contributed by atoms with Crippen LogP contribution in [0.15, 0.2) is 84.9 Å². The molecule has 0 aliphatic heterocycles. The maximum absolute atomic E-state index is 12.7. The summed E-state index contributed by atoms with van der Waals surface area (Å²) >= 11 is 0. The Bertz CT molecular complexity index is 879. The predicted molar refractivity (Wildman–Crippen MR) is 116 cm³/mol. The van der Waals surface area contributed by atoms with E-state index in [-0.39, 0.29) is 12.1 Å². The molecule has 3 rings (SSSR count). The number of para-hydroxylation sites is 1. The number of nitrogens with one attached hydrogen (secondary N) is 2. The van der Waals surface area contributed by atoms with Gasteiger partial charge in [0.15, 0.2) is 0 Å². The molecule has 3 aromatic carbocycles. The summed E-state index contributed by atoms with van der Waals surface area (Å²) < 4.78 is 0. The van der Waals surface area contributed by atoms with E-state index in [1.54, 1.807) is 0 Å². The molecule has 0 radical (unpaired) electrons. The predicted octanol–water partition coefficient (Wildman–Crippen LogP) is 4.70. The van der Waals surface area contributed by atoms with Gasteiger partial charge in [-0.15, -0.1) is 0 Å². The molecule has 0 bridgehead atoms. The average molecular weight is 374 g/mol. The minimum Gasteiger partial charge on any atom is -0.330 e. The van der Waals surface area contributed by atoms with Crippen molar-refractivity contribution in [1.29, 1.82) is 0 Å². The number of carbonyl (C=O) groups is 1. The second-order valence-electron chi connectivity index (χ2n) is 7.14. The molecule has 0 saturated carbocycles. The van der Waals surface area contributed by atoms with Gasteiger partial charge >= 0.3 is 6.03 Å². The highest BCUT2D eigenvalue weighted by molar-refractivity contribution is 5.90. The molecule has 0 aliphatic rings. The molecule has 4 nitrogen and oxygen atoms in total. The zero-order valence-electron chi connectivity index (χ0n) is 16.4. The van der Waals surface area contributed by atoms with Crippen LogP contribution in [0.25, 0.3) is 0 Å². The smallest absolute Gasteiger partial charge is 0.319 e. The van der Waals surface area contributed by atoms with Gasteiger partial charge in [-0.05, 0) is 43.3 Å². The number of rotatable bonds is 7. The van der Waals surface area contributed by atoms with Crippen molar-refractivity contribution in [2.24, 2.45) is 0 Å². The fraction of sp³-hybridized carbons (Fsp3) is 0.208. The fourth-order valence-electron chi connectivity index (χ4n) is 3.21. The lowest BCUT2D eigenvalue weighted by molar-refractivity contribution is 0.244. The maximum Gasteiger partial charge on any atom is 0.319 e. The molecule has 2 N–H and O–H groups in total. The molecule has 0 spiro atoms. The van der Waals surface area contributed by atoms with Gasteiger partial charge in [-0.25, -0.2) is 4.79 Å². The van der Waals surface area contributed by atoms with Crippen molar-refractivity contribution in [2.75, 3.05) is 26.0 Å². The van der Waals surface area contributed by atoms with Crippen LogP contribution in [-0.2, 0) is 6.42 Å². The van der Waals surface area contributed by atoms with Crippen LogP contribution in [0.2, 0.25) is 0 Å². The first-order chi connectivity index (χ1) is 13.6. The number of likely N-dealkylation sites (N-methyl/N-ethyl adjacent to an activating group) is 1. The van der Waals surface area contributed by atoms with E-state index in [1.165, 1.54) is 5.56 Å². The lowest BCUT2D eigenvalue weighted by Gasteiger charge is -2.23. The molecule has 0 aliphatic carbocycles. The van der Waals surface area contributed by atoms with Crippen LogP contribution in [0.3, 0.4) is 0 Å². The summed E-state index contributed by atoms with van der Waals surface area (Å²) in [6, 6.07) is 28.0. The monoisotopic (exact) mass is 373 g/mol. The van der Waals surface area contributed by atoms with E-state index in [0.717, 1.165) is 29.8 Å².